The summed E-state index contributed by atoms with van der Waals surface area (Å²) in [6, 6.07) is 17.9. The van der Waals surface area contributed by atoms with Gasteiger partial charge in [0.2, 0.25) is 11.2 Å². The number of halogens is 1. The quantitative estimate of drug-likeness (QED) is 0.314. The van der Waals surface area contributed by atoms with E-state index in [0.29, 0.717) is 11.5 Å². The van der Waals surface area contributed by atoms with Crippen LogP contribution in [0.3, 0.4) is 0 Å². The fraction of sp³-hybridized carbons (Fsp3) is 0.0435. The minimum atomic E-state index is -0.611. The van der Waals surface area contributed by atoms with Crippen LogP contribution in [0.25, 0.3) is 11.0 Å². The van der Waals surface area contributed by atoms with Crippen LogP contribution in [-0.4, -0.2) is 13.1 Å². The Kier molecular flexibility index (Phi) is 5.41. The van der Waals surface area contributed by atoms with Gasteiger partial charge >= 0.3 is 5.97 Å². The number of hydrogen-bond donors (Lipinski definition) is 0. The van der Waals surface area contributed by atoms with Crippen LogP contribution in [0.15, 0.2) is 82.2 Å². The van der Waals surface area contributed by atoms with Gasteiger partial charge in [0.15, 0.2) is 0 Å². The van der Waals surface area contributed by atoms with Crippen LogP contribution in [0, 0.1) is 0 Å². The van der Waals surface area contributed by atoms with Gasteiger partial charge in [0.25, 0.3) is 0 Å². The third-order valence-electron chi connectivity index (χ3n) is 4.29. The van der Waals surface area contributed by atoms with Crippen molar-refractivity contribution < 1.29 is 23.4 Å². The van der Waals surface area contributed by atoms with E-state index in [1.54, 1.807) is 55.6 Å². The molecular formula is C23H15ClO6. The summed E-state index contributed by atoms with van der Waals surface area (Å²) < 4.78 is 21.7. The Morgan fingerprint density at radius 3 is 2.53 bits per heavy atom. The number of methoxy groups -OCH3 is 1. The van der Waals surface area contributed by atoms with E-state index in [1.807, 2.05) is 0 Å². The Bertz CT molecular complexity index is 1290. The molecule has 0 unspecified atom stereocenters. The van der Waals surface area contributed by atoms with Crippen molar-refractivity contribution >= 4 is 28.5 Å². The van der Waals surface area contributed by atoms with Gasteiger partial charge in [0.1, 0.15) is 29.1 Å². The van der Waals surface area contributed by atoms with Crippen LogP contribution in [-0.2, 0) is 0 Å². The Morgan fingerprint density at radius 1 is 0.933 bits per heavy atom. The molecule has 0 aliphatic heterocycles. The van der Waals surface area contributed by atoms with Crippen LogP contribution < -0.4 is 19.6 Å². The van der Waals surface area contributed by atoms with Gasteiger partial charge in [-0.1, -0.05) is 29.8 Å². The fourth-order valence-electron chi connectivity index (χ4n) is 2.81. The first-order valence-corrected chi connectivity index (χ1v) is 9.27. The highest BCUT2D eigenvalue weighted by Crippen LogP contribution is 2.27. The van der Waals surface area contributed by atoms with Crippen LogP contribution in [0.2, 0.25) is 5.02 Å². The Morgan fingerprint density at radius 2 is 1.73 bits per heavy atom. The van der Waals surface area contributed by atoms with Crippen molar-refractivity contribution in [3.05, 3.63) is 93.8 Å². The maximum Gasteiger partial charge on any atom is 0.345 e. The van der Waals surface area contributed by atoms with E-state index in [4.69, 9.17) is 30.2 Å². The molecule has 1 heterocycles. The van der Waals surface area contributed by atoms with Crippen molar-refractivity contribution in [2.75, 3.05) is 7.11 Å². The van der Waals surface area contributed by atoms with E-state index in [-0.39, 0.29) is 38.5 Å². The second-order valence-electron chi connectivity index (χ2n) is 6.24. The molecule has 0 amide bonds. The maximum absolute atomic E-state index is 12.7. The van der Waals surface area contributed by atoms with E-state index in [1.165, 1.54) is 24.5 Å². The molecule has 0 bridgehead atoms. The van der Waals surface area contributed by atoms with E-state index < -0.39 is 5.97 Å². The molecule has 3 aromatic carbocycles. The molecule has 0 saturated carbocycles. The predicted octanol–water partition coefficient (Wildman–Crippen LogP) is 5.47. The first kappa shape index (κ1) is 19.5. The minimum absolute atomic E-state index is 0.0246. The number of hydrogen-bond acceptors (Lipinski definition) is 6. The molecule has 0 aliphatic carbocycles. The lowest BCUT2D eigenvalue weighted by molar-refractivity contribution is 0.0735. The number of esters is 1. The molecule has 0 aliphatic rings. The van der Waals surface area contributed by atoms with Gasteiger partial charge in [-0.2, -0.15) is 0 Å². The second-order valence-corrected chi connectivity index (χ2v) is 6.64. The summed E-state index contributed by atoms with van der Waals surface area (Å²) in [5, 5.41) is 0.571. The molecule has 0 atom stereocenters. The van der Waals surface area contributed by atoms with E-state index >= 15 is 0 Å². The third-order valence-corrected chi connectivity index (χ3v) is 4.62. The zero-order chi connectivity index (χ0) is 21.1. The number of ether oxygens (including phenoxy) is 3. The average molecular weight is 423 g/mol. The number of carbonyl (C=O) groups excluding carboxylic acids is 1. The summed E-state index contributed by atoms with van der Waals surface area (Å²) in [5.41, 5.74) is 0.133. The summed E-state index contributed by atoms with van der Waals surface area (Å²) in [4.78, 5) is 25.1. The Hall–Kier alpha value is -3.77. The van der Waals surface area contributed by atoms with Crippen molar-refractivity contribution in [2.45, 2.75) is 0 Å². The SMILES string of the molecule is COc1cccc(Oc2coc3cc(OC(=O)c4ccccc4Cl)ccc3c2=O)c1. The summed E-state index contributed by atoms with van der Waals surface area (Å²) in [7, 11) is 1.54. The molecule has 30 heavy (non-hydrogen) atoms. The first-order chi connectivity index (χ1) is 14.5. The highest BCUT2D eigenvalue weighted by Gasteiger charge is 2.15. The topological polar surface area (TPSA) is 75.0 Å². The predicted molar refractivity (Wildman–Crippen MR) is 112 cm³/mol. The fourth-order valence-corrected chi connectivity index (χ4v) is 3.02. The highest BCUT2D eigenvalue weighted by molar-refractivity contribution is 6.33. The number of fused-ring (bicyclic) bond motifs is 1. The van der Waals surface area contributed by atoms with Crippen molar-refractivity contribution in [1.82, 2.24) is 0 Å². The molecule has 1 aromatic heterocycles. The number of carbonyl (C=O) groups is 1. The van der Waals surface area contributed by atoms with E-state index in [0.717, 1.165) is 0 Å². The lowest BCUT2D eigenvalue weighted by Gasteiger charge is -2.08. The van der Waals surface area contributed by atoms with Gasteiger partial charge in [0, 0.05) is 12.1 Å². The van der Waals surface area contributed by atoms with Crippen LogP contribution in [0.1, 0.15) is 10.4 Å². The van der Waals surface area contributed by atoms with Crippen LogP contribution in [0.4, 0.5) is 0 Å². The van der Waals surface area contributed by atoms with Crippen molar-refractivity contribution in [3.63, 3.8) is 0 Å². The van der Waals surface area contributed by atoms with Gasteiger partial charge in [-0.25, -0.2) is 4.79 Å². The first-order valence-electron chi connectivity index (χ1n) is 8.89. The molecule has 0 radical (unpaired) electrons. The zero-order valence-electron chi connectivity index (χ0n) is 15.8. The monoisotopic (exact) mass is 422 g/mol. The molecule has 0 saturated heterocycles. The van der Waals surface area contributed by atoms with Gasteiger partial charge < -0.3 is 18.6 Å². The Labute approximate surface area is 176 Å². The minimum Gasteiger partial charge on any atom is -0.497 e. The molecule has 6 nitrogen and oxygen atoms in total. The van der Waals surface area contributed by atoms with Crippen molar-refractivity contribution in [2.24, 2.45) is 0 Å². The van der Waals surface area contributed by atoms with E-state index in [9.17, 15) is 9.59 Å². The summed E-state index contributed by atoms with van der Waals surface area (Å²) in [5.74, 6) is 0.669. The van der Waals surface area contributed by atoms with Crippen molar-refractivity contribution in [1.29, 1.82) is 0 Å². The van der Waals surface area contributed by atoms with Gasteiger partial charge in [0.05, 0.1) is 23.1 Å². The summed E-state index contributed by atoms with van der Waals surface area (Å²) in [6.45, 7) is 0. The van der Waals surface area contributed by atoms with Gasteiger partial charge in [-0.15, -0.1) is 0 Å². The molecule has 0 fully saturated rings. The van der Waals surface area contributed by atoms with Crippen LogP contribution in [0.5, 0.6) is 23.0 Å². The van der Waals surface area contributed by atoms with Gasteiger partial charge in [-0.3, -0.25) is 4.79 Å². The summed E-state index contributed by atoms with van der Waals surface area (Å²) >= 11 is 6.02. The smallest absolute Gasteiger partial charge is 0.345 e. The molecule has 0 N–H and O–H groups in total. The molecule has 4 rings (SSSR count). The van der Waals surface area contributed by atoms with E-state index in [2.05, 4.69) is 0 Å². The second kappa shape index (κ2) is 8.31. The highest BCUT2D eigenvalue weighted by atomic mass is 35.5. The molecular weight excluding hydrogens is 408 g/mol. The Balaban J connectivity index is 1.60. The van der Waals surface area contributed by atoms with Crippen LogP contribution >= 0.6 is 11.6 Å². The number of rotatable bonds is 5. The lowest BCUT2D eigenvalue weighted by Crippen LogP contribution is -2.09. The molecule has 4 aromatic rings. The normalized spacial score (nSPS) is 10.6. The third kappa shape index (κ3) is 3.99. The van der Waals surface area contributed by atoms with Gasteiger partial charge in [-0.05, 0) is 36.4 Å². The van der Waals surface area contributed by atoms with Crippen molar-refractivity contribution in [3.8, 4) is 23.0 Å². The molecule has 0 spiro atoms. The molecule has 150 valence electrons. The summed E-state index contributed by atoms with van der Waals surface area (Å²) in [6.07, 6.45) is 1.21. The lowest BCUT2D eigenvalue weighted by atomic mass is 10.2. The number of benzene rings is 3. The average Bonchev–Trinajstić information content (AvgIpc) is 2.76. The zero-order valence-corrected chi connectivity index (χ0v) is 16.5. The largest absolute Gasteiger partial charge is 0.497 e. The maximum atomic E-state index is 12.7. The standard InChI is InChI=1S/C23H15ClO6/c1-27-14-5-4-6-15(11-14)29-21-13-28-20-12-16(9-10-18(20)22(21)25)30-23(26)17-7-2-3-8-19(17)24/h2-13H,1H3. The molecule has 7 heteroatoms.